The molecule has 0 fully saturated rings. The molecule has 2 heterocycles. The van der Waals surface area contributed by atoms with Gasteiger partial charge in [0.15, 0.2) is 0 Å². The number of alkyl carbamates (subject to hydrolysis) is 1. The molecule has 4 rings (SSSR count). The van der Waals surface area contributed by atoms with Crippen molar-refractivity contribution in [2.45, 2.75) is 124 Å². The number of hydrogen-bond donors (Lipinski definition) is 6. The first-order valence-electron chi connectivity index (χ1n) is 28.8. The van der Waals surface area contributed by atoms with E-state index >= 15 is 4.39 Å². The summed E-state index contributed by atoms with van der Waals surface area (Å²) >= 11 is 0. The summed E-state index contributed by atoms with van der Waals surface area (Å²) in [5.41, 5.74) is -0.487. The maximum Gasteiger partial charge on any atom is 0.407 e. The number of imide groups is 1. The van der Waals surface area contributed by atoms with Gasteiger partial charge < -0.3 is 64.8 Å². The Labute approximate surface area is 496 Å². The highest BCUT2D eigenvalue weighted by atomic mass is 19.1. The lowest BCUT2D eigenvalue weighted by Gasteiger charge is -2.40. The van der Waals surface area contributed by atoms with E-state index in [0.29, 0.717) is 31.9 Å². The fraction of sp³-hybridized carbons (Fsp3) is 0.583. The van der Waals surface area contributed by atoms with E-state index in [1.807, 2.05) is 51.1 Å². The quantitative estimate of drug-likeness (QED) is 0.0340. The lowest BCUT2D eigenvalue weighted by atomic mass is 9.84. The summed E-state index contributed by atoms with van der Waals surface area (Å²) < 4.78 is 58.9. The van der Waals surface area contributed by atoms with E-state index in [1.165, 1.54) is 17.1 Å². The highest BCUT2D eigenvalue weighted by Crippen LogP contribution is 2.39. The van der Waals surface area contributed by atoms with Gasteiger partial charge in [0.1, 0.15) is 41.8 Å². The number of nitrogens with one attached hydrogen (secondary N) is 5. The summed E-state index contributed by atoms with van der Waals surface area (Å²) in [5, 5.41) is 24.1. The molecule has 1 aliphatic heterocycles. The van der Waals surface area contributed by atoms with Crippen LogP contribution in [0, 0.1) is 23.0 Å². The van der Waals surface area contributed by atoms with Gasteiger partial charge in [-0.1, -0.05) is 65.0 Å². The number of benzene rings is 2. The molecule has 0 unspecified atom stereocenters. The fourth-order valence-corrected chi connectivity index (χ4v) is 8.88. The predicted molar refractivity (Wildman–Crippen MR) is 310 cm³/mol. The van der Waals surface area contributed by atoms with Crippen molar-refractivity contribution in [2.75, 3.05) is 92.2 Å². The highest BCUT2D eigenvalue weighted by Gasteiger charge is 2.38. The van der Waals surface area contributed by atoms with Crippen molar-refractivity contribution in [3.05, 3.63) is 89.9 Å². The van der Waals surface area contributed by atoms with Crippen molar-refractivity contribution in [2.24, 2.45) is 11.3 Å². The Bertz CT molecular complexity index is 2660. The molecule has 0 spiro atoms. The van der Waals surface area contributed by atoms with Crippen LogP contribution in [0.2, 0.25) is 0 Å². The Morgan fingerprint density at radius 1 is 0.706 bits per heavy atom. The number of nitrogens with zero attached hydrogens (tertiary/aromatic N) is 4. The van der Waals surface area contributed by atoms with Crippen LogP contribution in [-0.4, -0.2) is 182 Å². The van der Waals surface area contributed by atoms with Gasteiger partial charge in [-0.2, -0.15) is 0 Å². The van der Waals surface area contributed by atoms with E-state index < -0.39 is 94.8 Å². The second-order valence-electron chi connectivity index (χ2n) is 22.6. The highest BCUT2D eigenvalue weighted by molar-refractivity contribution is 6.13. The number of halogens is 2. The summed E-state index contributed by atoms with van der Waals surface area (Å²) in [6.07, 6.45) is 4.43. The Balaban J connectivity index is 1.28. The average molecular weight is 1200 g/mol. The van der Waals surface area contributed by atoms with Crippen LogP contribution in [0.15, 0.2) is 66.9 Å². The van der Waals surface area contributed by atoms with Gasteiger partial charge in [0.05, 0.1) is 64.6 Å². The lowest BCUT2D eigenvalue weighted by molar-refractivity contribution is -0.140. The number of amides is 8. The van der Waals surface area contributed by atoms with Crippen LogP contribution in [0.4, 0.5) is 13.6 Å². The number of carbonyl (C=O) groups is 8. The third-order valence-corrected chi connectivity index (χ3v) is 13.0. The van der Waals surface area contributed by atoms with Crippen molar-refractivity contribution >= 4 is 47.4 Å². The van der Waals surface area contributed by atoms with E-state index in [2.05, 4.69) is 26.6 Å². The van der Waals surface area contributed by atoms with Gasteiger partial charge in [-0.15, -0.1) is 0 Å². The van der Waals surface area contributed by atoms with Gasteiger partial charge in [0.2, 0.25) is 29.5 Å². The number of carbonyl (C=O) groups excluding carboxylic acids is 8. The maximum atomic E-state index is 15.2. The summed E-state index contributed by atoms with van der Waals surface area (Å²) in [7, 11) is 0. The minimum Gasteiger partial charge on any atom is -0.444 e. The zero-order valence-electron chi connectivity index (χ0n) is 50.3. The van der Waals surface area contributed by atoms with E-state index in [1.54, 1.807) is 45.4 Å². The molecule has 3 atom stereocenters. The maximum absolute atomic E-state index is 15.2. The molecule has 0 saturated heterocycles. The first-order valence-corrected chi connectivity index (χ1v) is 28.8. The Kier molecular flexibility index (Phi) is 29.7. The normalized spacial score (nSPS) is 13.6. The van der Waals surface area contributed by atoms with Crippen LogP contribution in [0.5, 0.6) is 0 Å². The zero-order valence-corrected chi connectivity index (χ0v) is 50.3. The number of unbranched alkanes of at least 4 members (excludes halogenated alkanes) is 1. The summed E-state index contributed by atoms with van der Waals surface area (Å²) in [4.78, 5) is 110. The largest absolute Gasteiger partial charge is 0.444 e. The number of imidazole rings is 1. The van der Waals surface area contributed by atoms with Gasteiger partial charge >= 0.3 is 6.09 Å². The van der Waals surface area contributed by atoms with Crippen LogP contribution in [0.25, 0.3) is 11.3 Å². The molecule has 23 nitrogen and oxygen atoms in total. The van der Waals surface area contributed by atoms with Crippen LogP contribution in [0.1, 0.15) is 111 Å². The number of aliphatic hydroxyl groups excluding tert-OH is 1. The third kappa shape index (κ3) is 25.5. The predicted octanol–water partition coefficient (Wildman–Crippen LogP) is 4.50. The monoisotopic (exact) mass is 1200 g/mol. The van der Waals surface area contributed by atoms with Crippen molar-refractivity contribution in [3.63, 3.8) is 0 Å². The standard InChI is InChI=1S/C60H87F2N9O14/c1-41(2)53(68-49(74)23-29-81-31-33-83-35-36-84-34-32-82-30-26-63-48(73)22-28-70-50(75)20-21-51(70)76)57(79)67-46(17-12-13-24-65-58(80)85-60(6,7)8)56(78)64-25-14-27-71(52(77)40-72)54(59(3,4)5)55-66-47(44-37-43(61)18-19-45(44)62)39-69(55)38-42-15-10-9-11-16-42/h9-11,15-16,18-21,37,39,41,46,53-54,72H,12-14,17,22-36,38,40H2,1-8H3,(H,63,73)(H,64,78)(H,65,80)(H,67,79)(H,68,74)/t46-,53-,54-/m0/s1. The summed E-state index contributed by atoms with van der Waals surface area (Å²) in [6.45, 7) is 16.2. The van der Waals surface area contributed by atoms with Gasteiger partial charge in [-0.05, 0) is 81.5 Å². The number of ether oxygens (including phenoxy) is 5. The Morgan fingerprint density at radius 3 is 1.94 bits per heavy atom. The minimum atomic E-state index is -1.08. The number of hydrogen-bond acceptors (Lipinski definition) is 15. The van der Waals surface area contributed by atoms with Crippen molar-refractivity contribution in [1.29, 1.82) is 0 Å². The first-order chi connectivity index (χ1) is 40.4. The molecule has 25 heteroatoms. The zero-order chi connectivity index (χ0) is 62.5. The smallest absolute Gasteiger partial charge is 0.407 e. The molecule has 85 heavy (non-hydrogen) atoms. The van der Waals surface area contributed by atoms with Crippen molar-refractivity contribution in [3.8, 4) is 11.3 Å². The van der Waals surface area contributed by atoms with Crippen LogP contribution >= 0.6 is 0 Å². The molecule has 0 saturated carbocycles. The third-order valence-electron chi connectivity index (χ3n) is 13.0. The molecule has 6 N–H and O–H groups in total. The second-order valence-corrected chi connectivity index (χ2v) is 22.6. The molecule has 470 valence electrons. The molecule has 1 aliphatic rings. The van der Waals surface area contributed by atoms with Crippen molar-refractivity contribution < 1.29 is 75.9 Å². The van der Waals surface area contributed by atoms with Gasteiger partial charge in [-0.3, -0.25) is 38.5 Å². The van der Waals surface area contributed by atoms with Crippen LogP contribution < -0.4 is 26.6 Å². The summed E-state index contributed by atoms with van der Waals surface area (Å²) in [5.74, 6) is -4.78. The number of aliphatic hydroxyl groups is 1. The lowest BCUT2D eigenvalue weighted by Crippen LogP contribution is -2.55. The molecule has 8 amide bonds. The molecule has 0 radical (unpaired) electrons. The molecular formula is C60H87F2N9O14. The molecule has 0 aliphatic carbocycles. The van der Waals surface area contributed by atoms with E-state index in [9.17, 15) is 47.9 Å². The van der Waals surface area contributed by atoms with Crippen molar-refractivity contribution in [1.82, 2.24) is 45.9 Å². The van der Waals surface area contributed by atoms with E-state index in [-0.39, 0.29) is 122 Å². The second kappa shape index (κ2) is 36.0. The average Bonchev–Trinajstić information content (AvgIpc) is 2.54. The molecule has 3 aromatic rings. The molecule has 1 aromatic heterocycles. The van der Waals surface area contributed by atoms with Gasteiger partial charge in [0.25, 0.3) is 11.8 Å². The summed E-state index contributed by atoms with van der Waals surface area (Å²) in [6, 6.07) is 9.58. The first kappa shape index (κ1) is 70.3. The Morgan fingerprint density at radius 2 is 1.33 bits per heavy atom. The number of aromatic nitrogens is 2. The van der Waals surface area contributed by atoms with Gasteiger partial charge in [-0.25, -0.2) is 18.6 Å². The van der Waals surface area contributed by atoms with Crippen LogP contribution in [-0.2, 0) is 63.8 Å². The van der Waals surface area contributed by atoms with Crippen LogP contribution in [0.3, 0.4) is 0 Å². The number of rotatable bonds is 38. The molecular weight excluding hydrogens is 1110 g/mol. The minimum absolute atomic E-state index is 0.00583. The topological polar surface area (TPSA) is 287 Å². The Hall–Kier alpha value is -7.19. The molecule has 0 bridgehead atoms. The fourth-order valence-electron chi connectivity index (χ4n) is 8.88. The van der Waals surface area contributed by atoms with E-state index in [4.69, 9.17) is 28.7 Å². The molecule has 2 aromatic carbocycles. The van der Waals surface area contributed by atoms with E-state index in [0.717, 1.165) is 28.7 Å². The SMILES string of the molecule is CC(C)[C@H](NC(=O)CCOCCOCCOCCOCCNC(=O)CCN1C(=O)C=CC1=O)C(=O)N[C@@H](CCCCNC(=O)OC(C)(C)C)C(=O)NCCCN(C(=O)CO)[C@@H](c1nc(-c2cc(F)ccc2F)cn1Cc1ccccc1)C(C)(C)C. The van der Waals surface area contributed by atoms with Gasteiger partial charge in [0, 0.05) is 76.0 Å².